The van der Waals surface area contributed by atoms with Gasteiger partial charge >= 0.3 is 53.7 Å². The quantitative estimate of drug-likeness (QED) is 0.0156. The van der Waals surface area contributed by atoms with E-state index in [1.54, 1.807) is 0 Å². The van der Waals surface area contributed by atoms with Crippen LogP contribution in [0.5, 0.6) is 0 Å². The van der Waals surface area contributed by atoms with Crippen LogP contribution in [-0.2, 0) is 172 Å². The Bertz CT molecular complexity index is 3180. The maximum atomic E-state index is 14.0. The summed E-state index contributed by atoms with van der Waals surface area (Å²) in [6.07, 6.45) is -18.2. The van der Waals surface area contributed by atoms with E-state index in [0.717, 1.165) is 83.1 Å². The molecule has 3 fully saturated rings. The van der Waals surface area contributed by atoms with Gasteiger partial charge in [-0.2, -0.15) is 0 Å². The fourth-order valence-corrected chi connectivity index (χ4v) is 11.3. The Labute approximate surface area is 656 Å². The zero-order valence-electron chi connectivity index (χ0n) is 65.7. The fourth-order valence-electron chi connectivity index (χ4n) is 11.3. The number of aliphatic hydroxyl groups is 1. The Morgan fingerprint density at radius 1 is 0.316 bits per heavy atom. The van der Waals surface area contributed by atoms with Crippen molar-refractivity contribution in [3.05, 3.63) is 0 Å². The summed E-state index contributed by atoms with van der Waals surface area (Å²) in [6, 6.07) is -6.66. The minimum absolute atomic E-state index is 0.0968. The first-order valence-electron chi connectivity index (χ1n) is 36.4. The van der Waals surface area contributed by atoms with Crippen LogP contribution in [0, 0.1) is 0 Å². The van der Waals surface area contributed by atoms with Gasteiger partial charge in [0.25, 0.3) is 0 Å². The van der Waals surface area contributed by atoms with Gasteiger partial charge in [-0.15, -0.1) is 0 Å². The number of hydrogen-bond donors (Lipinski definition) is 9. The predicted molar refractivity (Wildman–Crippen MR) is 376 cm³/mol. The number of ether oxygens (including phenoxy) is 19. The third-order valence-corrected chi connectivity index (χ3v) is 15.7. The monoisotopic (exact) mass is 1640 g/mol. The van der Waals surface area contributed by atoms with Gasteiger partial charge in [-0.05, 0) is 12.8 Å². The highest BCUT2D eigenvalue weighted by molar-refractivity contribution is 5.90. The molecule has 3 aliphatic heterocycles. The van der Waals surface area contributed by atoms with Crippen molar-refractivity contribution in [1.82, 2.24) is 42.5 Å². The number of carbonyl (C=O) groups is 17. The molecule has 17 atom stereocenters. The van der Waals surface area contributed by atoms with Crippen molar-refractivity contribution in [1.29, 1.82) is 0 Å². The second-order valence-corrected chi connectivity index (χ2v) is 25.4. The number of amides is 8. The lowest BCUT2D eigenvalue weighted by atomic mass is 9.96. The Hall–Kier alpha value is -9.45. The molecule has 114 heavy (non-hydrogen) atoms. The summed E-state index contributed by atoms with van der Waals surface area (Å²) in [5.41, 5.74) is 0. The van der Waals surface area contributed by atoms with Crippen LogP contribution in [0.15, 0.2) is 0 Å². The van der Waals surface area contributed by atoms with Gasteiger partial charge in [0.15, 0.2) is 55.5 Å². The van der Waals surface area contributed by atoms with E-state index in [1.165, 1.54) is 0 Å². The first-order chi connectivity index (χ1) is 54.0. The summed E-state index contributed by atoms with van der Waals surface area (Å²) in [7, 11) is 0. The van der Waals surface area contributed by atoms with E-state index in [-0.39, 0.29) is 125 Å². The minimum atomic E-state index is -1.44. The Balaban J connectivity index is 1.76. The van der Waals surface area contributed by atoms with Gasteiger partial charge in [-0.3, -0.25) is 81.5 Å². The topological polar surface area (TPSA) is 582 Å². The van der Waals surface area contributed by atoms with Crippen LogP contribution in [0.3, 0.4) is 0 Å². The fraction of sp³-hybridized carbons (Fsp3) is 0.754. The van der Waals surface area contributed by atoms with Crippen LogP contribution in [0.4, 0.5) is 0 Å². The molecule has 8 amide bonds. The largest absolute Gasteiger partial charge is 0.463 e. The number of rotatable bonds is 51. The second kappa shape index (κ2) is 53.6. The summed E-state index contributed by atoms with van der Waals surface area (Å²) < 4.78 is 106. The average molecular weight is 1640 g/mol. The van der Waals surface area contributed by atoms with Crippen molar-refractivity contribution < 1.29 is 177 Å². The molecule has 45 nitrogen and oxygen atoms in total. The highest BCUT2D eigenvalue weighted by atomic mass is 16.7. The van der Waals surface area contributed by atoms with Crippen molar-refractivity contribution in [2.75, 3.05) is 119 Å². The number of carbonyl (C=O) groups excluding carboxylic acids is 17. The predicted octanol–water partition coefficient (Wildman–Crippen LogP) is -5.67. The average Bonchev–Trinajstić information content (AvgIpc) is 0.798. The Morgan fingerprint density at radius 3 is 0.886 bits per heavy atom. The van der Waals surface area contributed by atoms with E-state index in [2.05, 4.69) is 42.5 Å². The molecule has 3 aliphatic rings. The number of hydrogen-bond acceptors (Lipinski definition) is 37. The highest BCUT2D eigenvalue weighted by Gasteiger charge is 2.54. The third kappa shape index (κ3) is 39.5. The molecule has 3 heterocycles. The molecule has 3 saturated heterocycles. The van der Waals surface area contributed by atoms with Crippen LogP contribution in [0.25, 0.3) is 0 Å². The van der Waals surface area contributed by atoms with Crippen LogP contribution in [-0.4, -0.2) is 329 Å². The molecule has 45 heteroatoms. The SMILES string of the molecule is CC(=O)NC1C(OCCOCCNC(=O)CC[C@H](NC(=O)CC[C@H](NC(=O)CCOCCO)C(=O)NCCOCCOC2OC(COC(C)=O)C(OC(C)=O)C(OC(C)=O)C2NC(C)=O)C(=O)NCCOCCOC2OC(COC(C)=O)C(OC(C)=O)C(OC(C)=O)C2NC(C)=O)OC(COC(C)=O)C(OC(C)=O)C1OC(C)=O. The van der Waals surface area contributed by atoms with E-state index >= 15 is 0 Å². The zero-order chi connectivity index (χ0) is 85.0. The first-order valence-corrected chi connectivity index (χ1v) is 36.4. The second-order valence-electron chi connectivity index (χ2n) is 25.4. The minimum Gasteiger partial charge on any atom is -0.463 e. The standard InChI is InChI=1S/C69H108N8O37/c1-36(79)73-56-62(109-45(10)88)59(106-42(7)85)50(33-103-39(4)82)112-67(56)100-30-27-97-23-18-70-53(91)15-13-48(65(94)71-19-24-98-28-31-101-68-57(74-37(2)80)63(110-46(11)89)60(107-43(8)86)51(113-68)34-104-40(5)83)76-54(92)16-14-49(77-55(93)17-22-96-26-21-78)66(95)72-20-25-99-29-32-102-69-58(75-38(3)81)64(111-47(12)90)61(108-44(9)87)52(114-69)35-105-41(6)84/h48-52,56-64,67-69,78H,13-35H2,1-12H3,(H,70,91)(H,71,94)(H,72,95)(H,73,79)(H,74,80)(H,75,81)(H,76,92)(H,77,93)/t48-,49-,50?,51?,52?,56?,57?,58?,59?,60?,61?,62?,63?,64?,67?,68?,69?/m0/s1. The van der Waals surface area contributed by atoms with Crippen molar-refractivity contribution in [2.24, 2.45) is 0 Å². The Morgan fingerprint density at radius 2 is 0.596 bits per heavy atom. The summed E-state index contributed by atoms with van der Waals surface area (Å²) in [6.45, 7) is 8.87. The molecule has 9 N–H and O–H groups in total. The molecule has 0 aromatic heterocycles. The summed E-state index contributed by atoms with van der Waals surface area (Å²) >= 11 is 0. The van der Waals surface area contributed by atoms with E-state index in [1.807, 2.05) is 0 Å². The molecule has 3 rings (SSSR count). The summed E-state index contributed by atoms with van der Waals surface area (Å²) in [5.74, 6) is -12.7. The van der Waals surface area contributed by atoms with Gasteiger partial charge in [0.05, 0.1) is 79.3 Å². The highest BCUT2D eigenvalue weighted by Crippen LogP contribution is 2.31. The Kier molecular flexibility index (Phi) is 46.4. The van der Waals surface area contributed by atoms with Crippen LogP contribution >= 0.6 is 0 Å². The zero-order valence-corrected chi connectivity index (χ0v) is 65.7. The summed E-state index contributed by atoms with van der Waals surface area (Å²) in [5, 5.41) is 29.8. The molecule has 646 valence electrons. The maximum absolute atomic E-state index is 14.0. The molecule has 0 aliphatic carbocycles. The van der Waals surface area contributed by atoms with Gasteiger partial charge in [-0.1, -0.05) is 0 Å². The molecular formula is C69H108N8O37. The molecule has 0 spiro atoms. The molecule has 0 saturated carbocycles. The van der Waals surface area contributed by atoms with E-state index < -0.39 is 231 Å². The van der Waals surface area contributed by atoms with Crippen molar-refractivity contribution >= 4 is 101 Å². The maximum Gasteiger partial charge on any atom is 0.303 e. The molecule has 0 bridgehead atoms. The first kappa shape index (κ1) is 98.7. The molecular weight excluding hydrogens is 1530 g/mol. The van der Waals surface area contributed by atoms with E-state index in [4.69, 9.17) is 95.1 Å². The van der Waals surface area contributed by atoms with Crippen molar-refractivity contribution in [3.8, 4) is 0 Å². The van der Waals surface area contributed by atoms with Crippen molar-refractivity contribution in [2.45, 2.75) is 219 Å². The summed E-state index contributed by atoms with van der Waals surface area (Å²) in [4.78, 5) is 214. The van der Waals surface area contributed by atoms with Crippen LogP contribution in [0.2, 0.25) is 0 Å². The van der Waals surface area contributed by atoms with Gasteiger partial charge < -0.3 is 138 Å². The lowest BCUT2D eigenvalue weighted by molar-refractivity contribution is -0.279. The van der Waals surface area contributed by atoms with Gasteiger partial charge in [0.2, 0.25) is 47.3 Å². The number of aliphatic hydroxyl groups excluding tert-OH is 1. The van der Waals surface area contributed by atoms with Crippen molar-refractivity contribution in [3.63, 3.8) is 0 Å². The lowest BCUT2D eigenvalue weighted by Crippen LogP contribution is -2.66. The molecule has 0 aromatic carbocycles. The number of esters is 9. The molecule has 0 aromatic rings. The normalized spacial score (nSPS) is 23.5. The van der Waals surface area contributed by atoms with E-state index in [0.29, 0.717) is 0 Å². The van der Waals surface area contributed by atoms with Gasteiger partial charge in [0, 0.05) is 122 Å². The van der Waals surface area contributed by atoms with Crippen LogP contribution < -0.4 is 42.5 Å². The third-order valence-electron chi connectivity index (χ3n) is 15.7. The molecule has 0 radical (unpaired) electrons. The smallest absolute Gasteiger partial charge is 0.303 e. The van der Waals surface area contributed by atoms with E-state index in [9.17, 15) is 81.5 Å². The van der Waals surface area contributed by atoms with Gasteiger partial charge in [0.1, 0.15) is 68.3 Å². The lowest BCUT2D eigenvalue weighted by Gasteiger charge is -2.44. The molecule has 15 unspecified atom stereocenters. The number of nitrogens with one attached hydrogen (secondary N) is 8. The van der Waals surface area contributed by atoms with Crippen LogP contribution in [0.1, 0.15) is 115 Å². The van der Waals surface area contributed by atoms with Gasteiger partial charge in [-0.25, -0.2) is 0 Å².